The number of aryl methyl sites for hydroxylation is 1. The number of ether oxygens (including phenoxy) is 2. The van der Waals surface area contributed by atoms with Crippen molar-refractivity contribution >= 4 is 39.5 Å². The van der Waals surface area contributed by atoms with Gasteiger partial charge in [0, 0.05) is 11.6 Å². The van der Waals surface area contributed by atoms with Crippen molar-refractivity contribution in [1.29, 1.82) is 0 Å². The van der Waals surface area contributed by atoms with Crippen LogP contribution in [0.25, 0.3) is 0 Å². The molecule has 7 heteroatoms. The fourth-order valence-corrected chi connectivity index (χ4v) is 5.59. The van der Waals surface area contributed by atoms with Gasteiger partial charge in [0.15, 0.2) is 6.61 Å². The van der Waals surface area contributed by atoms with Crippen LogP contribution in [0, 0.1) is 23.7 Å². The number of amides is 1. The molecule has 1 aromatic carbocycles. The van der Waals surface area contributed by atoms with Crippen molar-refractivity contribution in [1.82, 2.24) is 0 Å². The van der Waals surface area contributed by atoms with Crippen molar-refractivity contribution < 1.29 is 23.9 Å². The number of benzene rings is 1. The summed E-state index contributed by atoms with van der Waals surface area (Å²) in [5.41, 5.74) is 1.84. The molecule has 1 saturated heterocycles. The Morgan fingerprint density at radius 1 is 1.27 bits per heavy atom. The van der Waals surface area contributed by atoms with Gasteiger partial charge in [0.1, 0.15) is 6.10 Å². The molecule has 0 aromatic heterocycles. The Balaban J connectivity index is 1.34. The third kappa shape index (κ3) is 2.82. The number of halogens is 1. The summed E-state index contributed by atoms with van der Waals surface area (Å²) >= 11 is 3.56. The minimum atomic E-state index is -0.521. The van der Waals surface area contributed by atoms with Crippen LogP contribution in [0.15, 0.2) is 24.3 Å². The maximum Gasteiger partial charge on any atom is 0.310 e. The Labute approximate surface area is 159 Å². The number of carbonyl (C=O) groups is 3. The zero-order valence-electron chi connectivity index (χ0n) is 14.3. The van der Waals surface area contributed by atoms with Crippen molar-refractivity contribution in [3.63, 3.8) is 0 Å². The third-order valence-electron chi connectivity index (χ3n) is 5.79. The lowest BCUT2D eigenvalue weighted by molar-refractivity contribution is -0.157. The number of fused-ring (bicyclic) bond motifs is 1. The number of carbonyl (C=O) groups excluding carboxylic acids is 3. The molecular formula is C19H20BrNO5. The number of hydrogen-bond donors (Lipinski definition) is 1. The average molecular weight is 422 g/mol. The molecule has 6 nitrogen and oxygen atoms in total. The molecule has 1 aromatic rings. The second-order valence-electron chi connectivity index (χ2n) is 7.17. The van der Waals surface area contributed by atoms with Crippen LogP contribution in [0.3, 0.4) is 0 Å². The lowest BCUT2D eigenvalue weighted by atomic mass is 9.80. The van der Waals surface area contributed by atoms with Gasteiger partial charge in [-0.25, -0.2) is 0 Å². The van der Waals surface area contributed by atoms with Crippen LogP contribution in [0.4, 0.5) is 5.69 Å². The van der Waals surface area contributed by atoms with Gasteiger partial charge in [-0.15, -0.1) is 0 Å². The van der Waals surface area contributed by atoms with E-state index in [1.807, 2.05) is 24.3 Å². The smallest absolute Gasteiger partial charge is 0.310 e. The average Bonchev–Trinajstić information content (AvgIpc) is 3.24. The molecule has 3 fully saturated rings. The molecule has 138 valence electrons. The molecule has 0 unspecified atom stereocenters. The molecule has 1 N–H and O–H groups in total. The number of anilines is 1. The summed E-state index contributed by atoms with van der Waals surface area (Å²) in [5.74, 6) is -2.03. The molecule has 2 saturated carbocycles. The second-order valence-corrected chi connectivity index (χ2v) is 8.22. The van der Waals surface area contributed by atoms with Crippen LogP contribution < -0.4 is 5.32 Å². The predicted molar refractivity (Wildman–Crippen MR) is 96.6 cm³/mol. The Hall–Kier alpha value is -1.89. The summed E-state index contributed by atoms with van der Waals surface area (Å²) in [6, 6.07) is 7.52. The summed E-state index contributed by atoms with van der Waals surface area (Å²) in [4.78, 5) is 36.6. The van der Waals surface area contributed by atoms with Crippen LogP contribution in [0.2, 0.25) is 0 Å². The number of hydrogen-bond acceptors (Lipinski definition) is 5. The standard InChI is InChI=1S/C19H20BrNO5/c1-2-9-3-5-10(6-4-9)21-13(22)8-25-18(23)14-11-7-12-15(14)19(24)26-17(12)16(11)20/h3-6,11-12,14-17H,2,7-8H2,1H3,(H,21,22)/t11-,12-,14-,15+,16-,17+/m1/s1. The van der Waals surface area contributed by atoms with E-state index in [9.17, 15) is 14.4 Å². The van der Waals surface area contributed by atoms with E-state index in [2.05, 4.69) is 28.2 Å². The highest BCUT2D eigenvalue weighted by Gasteiger charge is 2.68. The minimum absolute atomic E-state index is 0.0151. The first-order chi connectivity index (χ1) is 12.5. The summed E-state index contributed by atoms with van der Waals surface area (Å²) < 4.78 is 10.6. The highest BCUT2D eigenvalue weighted by molar-refractivity contribution is 9.09. The second kappa shape index (κ2) is 6.68. The SMILES string of the molecule is CCc1ccc(NC(=O)COC(=O)[C@@H]2[C@H]3C[C@H]4[C@H](OC(=O)[C@@H]42)[C@@H]3Br)cc1. The normalized spacial score (nSPS) is 33.8. The molecule has 4 rings (SSSR count). The Bertz CT molecular complexity index is 749. The van der Waals surface area contributed by atoms with E-state index in [1.165, 1.54) is 5.56 Å². The quantitative estimate of drug-likeness (QED) is 0.582. The van der Waals surface area contributed by atoms with Crippen LogP contribution in [-0.2, 0) is 30.3 Å². The van der Waals surface area contributed by atoms with Gasteiger partial charge in [-0.3, -0.25) is 14.4 Å². The van der Waals surface area contributed by atoms with Crippen molar-refractivity contribution in [3.8, 4) is 0 Å². The molecular weight excluding hydrogens is 402 g/mol. The number of rotatable bonds is 5. The monoisotopic (exact) mass is 421 g/mol. The molecule has 6 atom stereocenters. The molecule has 0 spiro atoms. The van der Waals surface area contributed by atoms with Crippen LogP contribution in [0.1, 0.15) is 18.9 Å². The molecule has 0 radical (unpaired) electrons. The molecule has 3 aliphatic rings. The van der Waals surface area contributed by atoms with Crippen LogP contribution in [-0.4, -0.2) is 35.4 Å². The number of alkyl halides is 1. The molecule has 1 heterocycles. The van der Waals surface area contributed by atoms with Crippen molar-refractivity contribution in [3.05, 3.63) is 29.8 Å². The molecule has 1 amide bonds. The summed E-state index contributed by atoms with van der Waals surface area (Å²) in [6.07, 6.45) is 1.58. The van der Waals surface area contributed by atoms with E-state index >= 15 is 0 Å². The zero-order valence-corrected chi connectivity index (χ0v) is 15.9. The lowest BCUT2D eigenvalue weighted by Crippen LogP contribution is -2.39. The highest BCUT2D eigenvalue weighted by atomic mass is 79.9. The van der Waals surface area contributed by atoms with Crippen LogP contribution in [0.5, 0.6) is 0 Å². The van der Waals surface area contributed by atoms with E-state index < -0.39 is 23.7 Å². The molecule has 26 heavy (non-hydrogen) atoms. The number of nitrogens with one attached hydrogen (secondary N) is 1. The van der Waals surface area contributed by atoms with E-state index in [0.29, 0.717) is 5.69 Å². The maximum absolute atomic E-state index is 12.5. The Morgan fingerprint density at radius 3 is 2.69 bits per heavy atom. The van der Waals surface area contributed by atoms with Gasteiger partial charge in [0.2, 0.25) is 0 Å². The number of esters is 2. The topological polar surface area (TPSA) is 81.7 Å². The molecule has 2 bridgehead atoms. The highest BCUT2D eigenvalue weighted by Crippen LogP contribution is 2.60. The van der Waals surface area contributed by atoms with Gasteiger partial charge < -0.3 is 14.8 Å². The van der Waals surface area contributed by atoms with Crippen molar-refractivity contribution in [2.75, 3.05) is 11.9 Å². The zero-order chi connectivity index (χ0) is 18.4. The molecule has 1 aliphatic heterocycles. The van der Waals surface area contributed by atoms with Gasteiger partial charge in [-0.05, 0) is 36.5 Å². The molecule has 2 aliphatic carbocycles. The summed E-state index contributed by atoms with van der Waals surface area (Å²) in [6.45, 7) is 1.70. The fourth-order valence-electron chi connectivity index (χ4n) is 4.55. The van der Waals surface area contributed by atoms with E-state index in [1.54, 1.807) is 0 Å². The van der Waals surface area contributed by atoms with Gasteiger partial charge in [-0.1, -0.05) is 35.0 Å². The minimum Gasteiger partial charge on any atom is -0.461 e. The maximum atomic E-state index is 12.5. The van der Waals surface area contributed by atoms with Gasteiger partial charge in [0.05, 0.1) is 16.7 Å². The first kappa shape index (κ1) is 17.5. The summed E-state index contributed by atoms with van der Waals surface area (Å²) in [5, 5.41) is 2.71. The van der Waals surface area contributed by atoms with E-state index in [-0.39, 0.29) is 35.3 Å². The van der Waals surface area contributed by atoms with Gasteiger partial charge >= 0.3 is 11.9 Å². The predicted octanol–water partition coefficient (Wildman–Crippen LogP) is 2.30. The first-order valence-electron chi connectivity index (χ1n) is 8.89. The third-order valence-corrected chi connectivity index (χ3v) is 6.99. The van der Waals surface area contributed by atoms with Crippen molar-refractivity contribution in [2.24, 2.45) is 23.7 Å². The lowest BCUT2D eigenvalue weighted by Gasteiger charge is -2.26. The van der Waals surface area contributed by atoms with Gasteiger partial charge in [-0.2, -0.15) is 0 Å². The Kier molecular flexibility index (Phi) is 4.50. The van der Waals surface area contributed by atoms with Gasteiger partial charge in [0.25, 0.3) is 5.91 Å². The van der Waals surface area contributed by atoms with Crippen molar-refractivity contribution in [2.45, 2.75) is 30.7 Å². The van der Waals surface area contributed by atoms with E-state index in [0.717, 1.165) is 12.8 Å². The fraction of sp³-hybridized carbons (Fsp3) is 0.526. The summed E-state index contributed by atoms with van der Waals surface area (Å²) in [7, 11) is 0. The first-order valence-corrected chi connectivity index (χ1v) is 9.81. The largest absolute Gasteiger partial charge is 0.461 e. The van der Waals surface area contributed by atoms with Crippen LogP contribution >= 0.6 is 15.9 Å². The van der Waals surface area contributed by atoms with E-state index in [4.69, 9.17) is 9.47 Å². The Morgan fingerprint density at radius 2 is 2.00 bits per heavy atom.